The molecule has 2 N–H and O–H groups in total. The summed E-state index contributed by atoms with van der Waals surface area (Å²) in [4.78, 5) is 3.86. The minimum absolute atomic E-state index is 0.324. The highest BCUT2D eigenvalue weighted by Gasteiger charge is 2.20. The Hall–Kier alpha value is -1.16. The fraction of sp³-hybridized carbons (Fsp3) is 0.375. The van der Waals surface area contributed by atoms with E-state index in [1.807, 2.05) is 11.3 Å². The maximum absolute atomic E-state index is 6.03. The van der Waals surface area contributed by atoms with Crippen molar-refractivity contribution in [2.24, 2.45) is 5.73 Å². The molecule has 0 aliphatic heterocycles. The van der Waals surface area contributed by atoms with E-state index in [1.54, 1.807) is 0 Å². The second-order valence-electron chi connectivity index (χ2n) is 4.77. The fourth-order valence-corrected chi connectivity index (χ4v) is 3.48. The zero-order valence-electron chi connectivity index (χ0n) is 11.7. The zero-order chi connectivity index (χ0) is 13.7. The van der Waals surface area contributed by atoms with Crippen molar-refractivity contribution in [3.63, 3.8) is 0 Å². The summed E-state index contributed by atoms with van der Waals surface area (Å²) in [5.41, 5.74) is 8.73. The van der Waals surface area contributed by atoms with Crippen molar-refractivity contribution in [2.75, 3.05) is 13.1 Å². The maximum Gasteiger partial charge on any atom is 0.0569 e. The van der Waals surface area contributed by atoms with Crippen LogP contribution in [0.25, 0.3) is 0 Å². The summed E-state index contributed by atoms with van der Waals surface area (Å²) in [6.45, 7) is 7.01. The molecule has 2 rings (SSSR count). The average molecular weight is 274 g/mol. The molecule has 1 heterocycles. The van der Waals surface area contributed by atoms with Crippen LogP contribution >= 0.6 is 11.3 Å². The minimum Gasteiger partial charge on any atom is -0.329 e. The lowest BCUT2D eigenvalue weighted by Gasteiger charge is -2.29. The highest BCUT2D eigenvalue weighted by Crippen LogP contribution is 2.29. The fourth-order valence-electron chi connectivity index (χ4n) is 2.41. The number of thiophene rings is 1. The van der Waals surface area contributed by atoms with Crippen LogP contribution in [0.1, 0.15) is 29.0 Å². The summed E-state index contributed by atoms with van der Waals surface area (Å²) >= 11 is 1.81. The molecular weight excluding hydrogens is 252 g/mol. The number of nitrogens with two attached hydrogens (primary N) is 1. The van der Waals surface area contributed by atoms with Crippen molar-refractivity contribution in [3.05, 3.63) is 57.8 Å². The van der Waals surface area contributed by atoms with E-state index in [0.29, 0.717) is 12.6 Å². The zero-order valence-corrected chi connectivity index (χ0v) is 12.5. The molecule has 2 aromatic rings. The molecule has 19 heavy (non-hydrogen) atoms. The van der Waals surface area contributed by atoms with Gasteiger partial charge in [-0.3, -0.25) is 4.90 Å². The van der Waals surface area contributed by atoms with Gasteiger partial charge in [-0.15, -0.1) is 11.3 Å². The van der Waals surface area contributed by atoms with E-state index in [9.17, 15) is 0 Å². The van der Waals surface area contributed by atoms with Gasteiger partial charge in [-0.2, -0.15) is 0 Å². The van der Waals surface area contributed by atoms with Gasteiger partial charge < -0.3 is 5.73 Å². The summed E-state index contributed by atoms with van der Waals surface area (Å²) in [6.07, 6.45) is 0. The predicted octanol–water partition coefficient (Wildman–Crippen LogP) is 3.58. The molecule has 0 amide bonds. The van der Waals surface area contributed by atoms with Crippen LogP contribution in [-0.2, 0) is 6.54 Å². The number of likely N-dealkylation sites (N-methyl/N-ethyl adjacent to an activating group) is 1. The second kappa shape index (κ2) is 6.85. The van der Waals surface area contributed by atoms with Gasteiger partial charge in [-0.25, -0.2) is 0 Å². The van der Waals surface area contributed by atoms with Gasteiger partial charge in [0.2, 0.25) is 0 Å². The van der Waals surface area contributed by atoms with E-state index in [4.69, 9.17) is 5.73 Å². The maximum atomic E-state index is 6.03. The largest absolute Gasteiger partial charge is 0.329 e. The molecule has 0 saturated heterocycles. The lowest BCUT2D eigenvalue weighted by atomic mass is 10.1. The first-order valence-electron chi connectivity index (χ1n) is 6.78. The lowest BCUT2D eigenvalue weighted by molar-refractivity contribution is 0.206. The standard InChI is InChI=1S/C16H22N2S/c1-3-18(12-14-7-5-4-6-8-14)15(11-17)16-13(2)9-10-19-16/h4-10,15H,3,11-12,17H2,1-2H3. The Labute approximate surface area is 119 Å². The first-order valence-corrected chi connectivity index (χ1v) is 7.66. The van der Waals surface area contributed by atoms with Crippen LogP contribution < -0.4 is 5.73 Å². The van der Waals surface area contributed by atoms with Gasteiger partial charge in [0.05, 0.1) is 6.04 Å². The van der Waals surface area contributed by atoms with Crippen molar-refractivity contribution >= 4 is 11.3 Å². The van der Waals surface area contributed by atoms with E-state index in [2.05, 4.69) is 60.5 Å². The van der Waals surface area contributed by atoms with E-state index in [0.717, 1.165) is 13.1 Å². The van der Waals surface area contributed by atoms with E-state index < -0.39 is 0 Å². The van der Waals surface area contributed by atoms with Gasteiger partial charge in [0.25, 0.3) is 0 Å². The van der Waals surface area contributed by atoms with Crippen molar-refractivity contribution in [2.45, 2.75) is 26.4 Å². The molecule has 0 spiro atoms. The number of hydrogen-bond donors (Lipinski definition) is 1. The molecule has 1 aromatic carbocycles. The highest BCUT2D eigenvalue weighted by atomic mass is 32.1. The van der Waals surface area contributed by atoms with Crippen molar-refractivity contribution in [3.8, 4) is 0 Å². The Balaban J connectivity index is 2.18. The van der Waals surface area contributed by atoms with Crippen molar-refractivity contribution in [1.29, 1.82) is 0 Å². The Bertz CT molecular complexity index is 492. The van der Waals surface area contributed by atoms with Crippen LogP contribution in [0.3, 0.4) is 0 Å². The monoisotopic (exact) mass is 274 g/mol. The molecule has 0 aliphatic carbocycles. The highest BCUT2D eigenvalue weighted by molar-refractivity contribution is 7.10. The molecule has 1 unspecified atom stereocenters. The quantitative estimate of drug-likeness (QED) is 0.872. The molecule has 2 nitrogen and oxygen atoms in total. The Morgan fingerprint density at radius 3 is 2.47 bits per heavy atom. The molecule has 0 aliphatic rings. The van der Waals surface area contributed by atoms with Gasteiger partial charge in [0.1, 0.15) is 0 Å². The van der Waals surface area contributed by atoms with E-state index >= 15 is 0 Å². The first-order chi connectivity index (χ1) is 9.26. The topological polar surface area (TPSA) is 29.3 Å². The normalized spacial score (nSPS) is 12.8. The van der Waals surface area contributed by atoms with E-state index in [-0.39, 0.29) is 0 Å². The van der Waals surface area contributed by atoms with Crippen molar-refractivity contribution < 1.29 is 0 Å². The van der Waals surface area contributed by atoms with Crippen LogP contribution in [0.15, 0.2) is 41.8 Å². The van der Waals surface area contributed by atoms with Gasteiger partial charge in [-0.1, -0.05) is 37.3 Å². The van der Waals surface area contributed by atoms with Crippen LogP contribution in [0.4, 0.5) is 0 Å². The summed E-state index contributed by atoms with van der Waals surface area (Å²) in [5, 5.41) is 2.16. The molecule has 1 aromatic heterocycles. The lowest BCUT2D eigenvalue weighted by Crippen LogP contribution is -2.33. The Kier molecular flexibility index (Phi) is 5.14. The number of rotatable bonds is 6. The van der Waals surface area contributed by atoms with Crippen LogP contribution in [0, 0.1) is 6.92 Å². The summed E-state index contributed by atoms with van der Waals surface area (Å²) in [7, 11) is 0. The first kappa shape index (κ1) is 14.3. The number of benzene rings is 1. The molecule has 0 saturated carbocycles. The third-order valence-corrected chi connectivity index (χ3v) is 4.62. The SMILES string of the molecule is CCN(Cc1ccccc1)C(CN)c1sccc1C. The molecular formula is C16H22N2S. The number of aryl methyl sites for hydroxylation is 1. The van der Waals surface area contributed by atoms with Gasteiger partial charge >= 0.3 is 0 Å². The van der Waals surface area contributed by atoms with Gasteiger partial charge in [0.15, 0.2) is 0 Å². The van der Waals surface area contributed by atoms with E-state index in [1.165, 1.54) is 16.0 Å². The van der Waals surface area contributed by atoms with Crippen LogP contribution in [0.2, 0.25) is 0 Å². The molecule has 3 heteroatoms. The third kappa shape index (κ3) is 3.44. The average Bonchev–Trinajstić information content (AvgIpc) is 2.86. The van der Waals surface area contributed by atoms with Gasteiger partial charge in [-0.05, 0) is 36.0 Å². The number of nitrogens with zero attached hydrogens (tertiary/aromatic N) is 1. The van der Waals surface area contributed by atoms with Crippen LogP contribution in [0.5, 0.6) is 0 Å². The smallest absolute Gasteiger partial charge is 0.0569 e. The summed E-state index contributed by atoms with van der Waals surface area (Å²) < 4.78 is 0. The molecule has 0 radical (unpaired) electrons. The summed E-state index contributed by atoms with van der Waals surface area (Å²) in [5.74, 6) is 0. The van der Waals surface area contributed by atoms with Crippen LogP contribution in [-0.4, -0.2) is 18.0 Å². The predicted molar refractivity (Wildman–Crippen MR) is 83.4 cm³/mol. The second-order valence-corrected chi connectivity index (χ2v) is 5.72. The molecule has 0 fully saturated rings. The van der Waals surface area contributed by atoms with Gasteiger partial charge in [0, 0.05) is 18.0 Å². The Morgan fingerprint density at radius 1 is 1.21 bits per heavy atom. The number of hydrogen-bond acceptors (Lipinski definition) is 3. The molecule has 1 atom stereocenters. The molecule has 0 bridgehead atoms. The minimum atomic E-state index is 0.324. The third-order valence-electron chi connectivity index (χ3n) is 3.50. The summed E-state index contributed by atoms with van der Waals surface area (Å²) in [6, 6.07) is 13.1. The Morgan fingerprint density at radius 2 is 1.95 bits per heavy atom. The van der Waals surface area contributed by atoms with Crippen molar-refractivity contribution in [1.82, 2.24) is 4.90 Å². The molecule has 102 valence electrons.